The van der Waals surface area contributed by atoms with Crippen molar-refractivity contribution in [3.8, 4) is 5.75 Å². The van der Waals surface area contributed by atoms with Crippen LogP contribution < -0.4 is 10.5 Å². The molecule has 1 aromatic carbocycles. The highest BCUT2D eigenvalue weighted by atomic mass is 16.5. The minimum absolute atomic E-state index is 0.0779. The molecule has 0 radical (unpaired) electrons. The average Bonchev–Trinajstić information content (AvgIpc) is 2.28. The van der Waals surface area contributed by atoms with Crippen molar-refractivity contribution in [1.82, 2.24) is 0 Å². The summed E-state index contributed by atoms with van der Waals surface area (Å²) >= 11 is 0. The van der Waals surface area contributed by atoms with E-state index in [9.17, 15) is 0 Å². The van der Waals surface area contributed by atoms with Crippen molar-refractivity contribution in [2.75, 3.05) is 19.5 Å². The normalized spacial score (nSPS) is 12.1. The molecule has 1 aromatic rings. The van der Waals surface area contributed by atoms with Crippen LogP contribution in [-0.2, 0) is 11.2 Å². The van der Waals surface area contributed by atoms with Gasteiger partial charge in [-0.3, -0.25) is 0 Å². The van der Waals surface area contributed by atoms with Crippen molar-refractivity contribution in [2.24, 2.45) is 0 Å². The first-order chi connectivity index (χ1) is 7.67. The highest BCUT2D eigenvalue weighted by Crippen LogP contribution is 2.22. The lowest BCUT2D eigenvalue weighted by molar-refractivity contribution is 0.0714. The van der Waals surface area contributed by atoms with Gasteiger partial charge in [0, 0.05) is 12.8 Å². The number of hydrogen-bond acceptors (Lipinski definition) is 3. The second kappa shape index (κ2) is 6.18. The smallest absolute Gasteiger partial charge is 0.123 e. The summed E-state index contributed by atoms with van der Waals surface area (Å²) in [5.41, 5.74) is 7.52. The summed E-state index contributed by atoms with van der Waals surface area (Å²) in [7, 11) is 1.67. The number of benzene rings is 1. The van der Waals surface area contributed by atoms with Gasteiger partial charge < -0.3 is 15.2 Å². The summed E-state index contributed by atoms with van der Waals surface area (Å²) in [5, 5.41) is 0. The molecule has 1 unspecified atom stereocenters. The van der Waals surface area contributed by atoms with Gasteiger partial charge in [0.2, 0.25) is 0 Å². The lowest BCUT2D eigenvalue weighted by Crippen LogP contribution is -2.16. The molecule has 0 amide bonds. The molecule has 88 valence electrons. The van der Waals surface area contributed by atoms with Crippen molar-refractivity contribution >= 4 is 5.69 Å². The molecule has 0 aliphatic rings. The van der Waals surface area contributed by atoms with Gasteiger partial charge in [0.25, 0.3) is 0 Å². The van der Waals surface area contributed by atoms with Gasteiger partial charge in [0.1, 0.15) is 12.4 Å². The first-order valence-corrected chi connectivity index (χ1v) is 5.32. The van der Waals surface area contributed by atoms with Crippen molar-refractivity contribution in [3.63, 3.8) is 0 Å². The standard InChI is InChI=1S/C13H19NO2/c1-4-5-11-8-12(14)6-7-13(11)16-9-10(2)15-3/h4,6-8,10H,1,5,9,14H2,2-3H3. The van der Waals surface area contributed by atoms with E-state index in [-0.39, 0.29) is 6.10 Å². The molecule has 0 bridgehead atoms. The molecule has 3 nitrogen and oxygen atoms in total. The molecule has 1 rings (SSSR count). The van der Waals surface area contributed by atoms with E-state index in [0.29, 0.717) is 6.61 Å². The van der Waals surface area contributed by atoms with Crippen LogP contribution in [0.1, 0.15) is 12.5 Å². The van der Waals surface area contributed by atoms with E-state index in [0.717, 1.165) is 23.4 Å². The van der Waals surface area contributed by atoms with E-state index in [1.807, 2.05) is 31.2 Å². The first-order valence-electron chi connectivity index (χ1n) is 5.32. The van der Waals surface area contributed by atoms with E-state index < -0.39 is 0 Å². The van der Waals surface area contributed by atoms with Gasteiger partial charge in [0.05, 0.1) is 6.10 Å². The summed E-state index contributed by atoms with van der Waals surface area (Å²) in [6, 6.07) is 5.63. The van der Waals surface area contributed by atoms with Gasteiger partial charge in [-0.15, -0.1) is 6.58 Å². The third-order valence-electron chi connectivity index (χ3n) is 2.32. The van der Waals surface area contributed by atoms with Gasteiger partial charge in [-0.05, 0) is 37.1 Å². The van der Waals surface area contributed by atoms with Crippen LogP contribution >= 0.6 is 0 Å². The highest BCUT2D eigenvalue weighted by Gasteiger charge is 2.05. The molecule has 0 aromatic heterocycles. The zero-order chi connectivity index (χ0) is 12.0. The van der Waals surface area contributed by atoms with E-state index in [2.05, 4.69) is 6.58 Å². The lowest BCUT2D eigenvalue weighted by atomic mass is 10.1. The minimum atomic E-state index is 0.0779. The maximum absolute atomic E-state index is 5.73. The second-order valence-electron chi connectivity index (χ2n) is 3.72. The first kappa shape index (κ1) is 12.6. The molecule has 0 aliphatic heterocycles. The Labute approximate surface area is 96.9 Å². The van der Waals surface area contributed by atoms with Crippen molar-refractivity contribution in [3.05, 3.63) is 36.4 Å². The average molecular weight is 221 g/mol. The number of ether oxygens (including phenoxy) is 2. The number of rotatable bonds is 6. The van der Waals surface area contributed by atoms with Crippen LogP contribution in [0.2, 0.25) is 0 Å². The number of anilines is 1. The summed E-state index contributed by atoms with van der Waals surface area (Å²) in [6.07, 6.45) is 2.66. The molecule has 0 saturated heterocycles. The van der Waals surface area contributed by atoms with Gasteiger partial charge in [0.15, 0.2) is 0 Å². The van der Waals surface area contributed by atoms with E-state index >= 15 is 0 Å². The van der Waals surface area contributed by atoms with Crippen LogP contribution in [0.15, 0.2) is 30.9 Å². The Morgan fingerprint density at radius 1 is 1.50 bits per heavy atom. The summed E-state index contributed by atoms with van der Waals surface area (Å²) in [4.78, 5) is 0. The largest absolute Gasteiger partial charge is 0.491 e. The van der Waals surface area contributed by atoms with Crippen molar-refractivity contribution in [2.45, 2.75) is 19.4 Å². The van der Waals surface area contributed by atoms with Crippen LogP contribution in [-0.4, -0.2) is 19.8 Å². The van der Waals surface area contributed by atoms with Crippen LogP contribution in [0.3, 0.4) is 0 Å². The number of nitrogen functional groups attached to an aromatic ring is 1. The zero-order valence-electron chi connectivity index (χ0n) is 9.90. The molecule has 0 spiro atoms. The monoisotopic (exact) mass is 221 g/mol. The Morgan fingerprint density at radius 2 is 2.25 bits per heavy atom. The van der Waals surface area contributed by atoms with Crippen LogP contribution in [0.25, 0.3) is 0 Å². The predicted octanol–water partition coefficient (Wildman–Crippen LogP) is 2.41. The van der Waals surface area contributed by atoms with Gasteiger partial charge in [-0.25, -0.2) is 0 Å². The van der Waals surface area contributed by atoms with Crippen LogP contribution in [0.5, 0.6) is 5.75 Å². The Hall–Kier alpha value is -1.48. The molecular formula is C13H19NO2. The molecule has 0 aliphatic carbocycles. The Bertz CT molecular complexity index is 350. The lowest BCUT2D eigenvalue weighted by Gasteiger charge is -2.14. The molecular weight excluding hydrogens is 202 g/mol. The van der Waals surface area contributed by atoms with E-state index in [4.69, 9.17) is 15.2 Å². The predicted molar refractivity (Wildman–Crippen MR) is 66.7 cm³/mol. The van der Waals surface area contributed by atoms with Gasteiger partial charge >= 0.3 is 0 Å². The Balaban J connectivity index is 2.73. The third-order valence-corrected chi connectivity index (χ3v) is 2.32. The fourth-order valence-corrected chi connectivity index (χ4v) is 1.33. The molecule has 0 heterocycles. The molecule has 3 heteroatoms. The number of methoxy groups -OCH3 is 1. The Morgan fingerprint density at radius 3 is 2.88 bits per heavy atom. The fourth-order valence-electron chi connectivity index (χ4n) is 1.33. The summed E-state index contributed by atoms with van der Waals surface area (Å²) in [6.45, 7) is 6.21. The number of allylic oxidation sites excluding steroid dienone is 1. The van der Waals surface area contributed by atoms with Crippen molar-refractivity contribution < 1.29 is 9.47 Å². The van der Waals surface area contributed by atoms with Crippen LogP contribution in [0, 0.1) is 0 Å². The molecule has 16 heavy (non-hydrogen) atoms. The summed E-state index contributed by atoms with van der Waals surface area (Å²) in [5.74, 6) is 0.845. The molecule has 2 N–H and O–H groups in total. The molecule has 0 fully saturated rings. The summed E-state index contributed by atoms with van der Waals surface area (Å²) < 4.78 is 10.8. The molecule has 0 saturated carbocycles. The fraction of sp³-hybridized carbons (Fsp3) is 0.385. The highest BCUT2D eigenvalue weighted by molar-refractivity contribution is 5.48. The minimum Gasteiger partial charge on any atom is -0.491 e. The number of hydrogen-bond donors (Lipinski definition) is 1. The third kappa shape index (κ3) is 3.59. The van der Waals surface area contributed by atoms with Gasteiger partial charge in [-0.2, -0.15) is 0 Å². The van der Waals surface area contributed by atoms with Crippen LogP contribution in [0.4, 0.5) is 5.69 Å². The van der Waals surface area contributed by atoms with E-state index in [1.54, 1.807) is 7.11 Å². The maximum atomic E-state index is 5.73. The number of nitrogens with two attached hydrogens (primary N) is 1. The zero-order valence-corrected chi connectivity index (χ0v) is 9.90. The SMILES string of the molecule is C=CCc1cc(N)ccc1OCC(C)OC. The topological polar surface area (TPSA) is 44.5 Å². The Kier molecular flexibility index (Phi) is 4.86. The van der Waals surface area contributed by atoms with E-state index in [1.165, 1.54) is 0 Å². The molecule has 1 atom stereocenters. The maximum Gasteiger partial charge on any atom is 0.123 e. The second-order valence-corrected chi connectivity index (χ2v) is 3.72. The van der Waals surface area contributed by atoms with Gasteiger partial charge in [-0.1, -0.05) is 6.08 Å². The van der Waals surface area contributed by atoms with Crippen molar-refractivity contribution in [1.29, 1.82) is 0 Å². The quantitative estimate of drug-likeness (QED) is 0.592.